The van der Waals surface area contributed by atoms with Crippen LogP contribution in [0.25, 0.3) is 0 Å². The van der Waals surface area contributed by atoms with E-state index in [0.717, 1.165) is 70.9 Å². The summed E-state index contributed by atoms with van der Waals surface area (Å²) in [5.74, 6) is 0.941. The van der Waals surface area contributed by atoms with Crippen LogP contribution in [0.4, 0.5) is 0 Å². The Bertz CT molecular complexity index is 668. The summed E-state index contributed by atoms with van der Waals surface area (Å²) >= 11 is 0. The molecule has 0 atom stereocenters. The van der Waals surface area contributed by atoms with Crippen molar-refractivity contribution in [3.8, 4) is 0 Å². The standard InChI is InChI=1S/C22H34N4O2/c1-3-28-21(27)19-10-15-26(16-11-19)22(23-2)24-12-6-13-25-14-9-18-7-4-5-8-20(18)17-25/h4-5,7-8,19H,3,6,9-17H2,1-2H3,(H,23,24). The number of carbonyl (C=O) groups excluding carboxylic acids is 1. The molecule has 6 heteroatoms. The zero-order chi connectivity index (χ0) is 19.8. The van der Waals surface area contributed by atoms with Gasteiger partial charge in [0.25, 0.3) is 0 Å². The van der Waals surface area contributed by atoms with Gasteiger partial charge in [0.05, 0.1) is 12.5 Å². The average Bonchev–Trinajstić information content (AvgIpc) is 2.74. The molecule has 0 amide bonds. The van der Waals surface area contributed by atoms with E-state index in [4.69, 9.17) is 4.74 Å². The zero-order valence-corrected chi connectivity index (χ0v) is 17.3. The summed E-state index contributed by atoms with van der Waals surface area (Å²) in [5, 5.41) is 3.50. The van der Waals surface area contributed by atoms with E-state index in [9.17, 15) is 4.79 Å². The molecule has 3 rings (SSSR count). The number of esters is 1. The Balaban J connectivity index is 1.36. The summed E-state index contributed by atoms with van der Waals surface area (Å²) in [6.45, 7) is 8.26. The average molecular weight is 387 g/mol. The Kier molecular flexibility index (Phi) is 7.71. The van der Waals surface area contributed by atoms with Gasteiger partial charge in [0.1, 0.15) is 0 Å². The van der Waals surface area contributed by atoms with E-state index in [1.165, 1.54) is 11.1 Å². The van der Waals surface area contributed by atoms with Crippen LogP contribution in [0.5, 0.6) is 0 Å². The number of hydrogen-bond acceptors (Lipinski definition) is 4. The van der Waals surface area contributed by atoms with E-state index in [-0.39, 0.29) is 11.9 Å². The quantitative estimate of drug-likeness (QED) is 0.352. The van der Waals surface area contributed by atoms with Gasteiger partial charge in [-0.3, -0.25) is 14.7 Å². The molecule has 2 aliphatic heterocycles. The number of fused-ring (bicyclic) bond motifs is 1. The summed E-state index contributed by atoms with van der Waals surface area (Å²) in [7, 11) is 1.83. The fourth-order valence-electron chi connectivity index (χ4n) is 4.17. The van der Waals surface area contributed by atoms with Crippen molar-refractivity contribution in [1.29, 1.82) is 0 Å². The maximum atomic E-state index is 11.9. The summed E-state index contributed by atoms with van der Waals surface area (Å²) in [5.41, 5.74) is 2.98. The molecule has 0 radical (unpaired) electrons. The van der Waals surface area contributed by atoms with E-state index >= 15 is 0 Å². The Morgan fingerprint density at radius 3 is 2.68 bits per heavy atom. The highest BCUT2D eigenvalue weighted by atomic mass is 16.5. The number of carbonyl (C=O) groups is 1. The van der Waals surface area contributed by atoms with Crippen molar-refractivity contribution < 1.29 is 9.53 Å². The monoisotopic (exact) mass is 386 g/mol. The number of ether oxygens (including phenoxy) is 1. The molecule has 154 valence electrons. The van der Waals surface area contributed by atoms with E-state index in [1.807, 2.05) is 14.0 Å². The van der Waals surface area contributed by atoms with Crippen LogP contribution in [-0.4, -0.2) is 68.1 Å². The molecule has 1 saturated heterocycles. The van der Waals surface area contributed by atoms with Crippen LogP contribution in [0, 0.1) is 5.92 Å². The number of benzene rings is 1. The summed E-state index contributed by atoms with van der Waals surface area (Å²) < 4.78 is 5.15. The smallest absolute Gasteiger partial charge is 0.309 e. The second-order valence-electron chi connectivity index (χ2n) is 7.64. The summed E-state index contributed by atoms with van der Waals surface area (Å²) in [6.07, 6.45) is 3.93. The van der Waals surface area contributed by atoms with Crippen LogP contribution in [0.1, 0.15) is 37.3 Å². The number of hydrogen-bond donors (Lipinski definition) is 1. The first-order valence-electron chi connectivity index (χ1n) is 10.6. The number of piperidine rings is 1. The largest absolute Gasteiger partial charge is 0.466 e. The molecule has 1 aromatic rings. The second-order valence-corrected chi connectivity index (χ2v) is 7.64. The van der Waals surface area contributed by atoms with Crippen LogP contribution in [0.2, 0.25) is 0 Å². The van der Waals surface area contributed by atoms with Crippen molar-refractivity contribution in [2.24, 2.45) is 10.9 Å². The summed E-state index contributed by atoms with van der Waals surface area (Å²) in [4.78, 5) is 21.1. The van der Waals surface area contributed by atoms with Crippen molar-refractivity contribution in [2.45, 2.75) is 39.2 Å². The first-order chi connectivity index (χ1) is 13.7. The van der Waals surface area contributed by atoms with Crippen molar-refractivity contribution in [3.63, 3.8) is 0 Å². The van der Waals surface area contributed by atoms with Crippen molar-refractivity contribution in [1.82, 2.24) is 15.1 Å². The van der Waals surface area contributed by atoms with Crippen LogP contribution in [0.15, 0.2) is 29.3 Å². The molecule has 6 nitrogen and oxygen atoms in total. The van der Waals surface area contributed by atoms with Gasteiger partial charge in [-0.1, -0.05) is 24.3 Å². The van der Waals surface area contributed by atoms with Gasteiger partial charge < -0.3 is 15.0 Å². The molecule has 0 aliphatic carbocycles. The van der Waals surface area contributed by atoms with Crippen LogP contribution >= 0.6 is 0 Å². The van der Waals surface area contributed by atoms with Crippen LogP contribution in [0.3, 0.4) is 0 Å². The van der Waals surface area contributed by atoms with Gasteiger partial charge in [0, 0.05) is 46.3 Å². The molecule has 28 heavy (non-hydrogen) atoms. The number of nitrogens with zero attached hydrogens (tertiary/aromatic N) is 3. The minimum Gasteiger partial charge on any atom is -0.466 e. The Labute approximate surface area is 168 Å². The lowest BCUT2D eigenvalue weighted by atomic mass is 9.97. The third-order valence-electron chi connectivity index (χ3n) is 5.77. The fourth-order valence-corrected chi connectivity index (χ4v) is 4.17. The topological polar surface area (TPSA) is 57.2 Å². The van der Waals surface area contributed by atoms with Crippen LogP contribution in [-0.2, 0) is 22.5 Å². The number of aliphatic imine (C=N–C) groups is 1. The van der Waals surface area contributed by atoms with Gasteiger partial charge in [-0.25, -0.2) is 0 Å². The van der Waals surface area contributed by atoms with E-state index in [2.05, 4.69) is 44.4 Å². The number of guanidine groups is 1. The normalized spacial score (nSPS) is 18.6. The lowest BCUT2D eigenvalue weighted by molar-refractivity contribution is -0.149. The van der Waals surface area contributed by atoms with E-state index in [1.54, 1.807) is 0 Å². The highest BCUT2D eigenvalue weighted by Gasteiger charge is 2.27. The van der Waals surface area contributed by atoms with E-state index in [0.29, 0.717) is 6.61 Å². The predicted molar refractivity (Wildman–Crippen MR) is 112 cm³/mol. The molecule has 1 N–H and O–H groups in total. The second kappa shape index (κ2) is 10.5. The van der Waals surface area contributed by atoms with Gasteiger partial charge in [-0.05, 0) is 43.7 Å². The molecule has 0 spiro atoms. The summed E-state index contributed by atoms with van der Waals surface area (Å²) in [6, 6.07) is 8.78. The van der Waals surface area contributed by atoms with Gasteiger partial charge in [-0.2, -0.15) is 0 Å². The van der Waals surface area contributed by atoms with Crippen molar-refractivity contribution in [2.75, 3.05) is 46.4 Å². The maximum absolute atomic E-state index is 11.9. The minimum absolute atomic E-state index is 0.0382. The van der Waals surface area contributed by atoms with Crippen LogP contribution < -0.4 is 5.32 Å². The van der Waals surface area contributed by atoms with Gasteiger partial charge in [-0.15, -0.1) is 0 Å². The molecule has 1 fully saturated rings. The number of likely N-dealkylation sites (tertiary alicyclic amines) is 1. The Morgan fingerprint density at radius 2 is 1.96 bits per heavy atom. The zero-order valence-electron chi connectivity index (χ0n) is 17.3. The minimum atomic E-state index is -0.0480. The molecule has 0 saturated carbocycles. The predicted octanol–water partition coefficient (Wildman–Crippen LogP) is 2.29. The van der Waals surface area contributed by atoms with E-state index < -0.39 is 0 Å². The maximum Gasteiger partial charge on any atom is 0.309 e. The fraction of sp³-hybridized carbons (Fsp3) is 0.636. The molecule has 0 unspecified atom stereocenters. The highest BCUT2D eigenvalue weighted by molar-refractivity contribution is 5.80. The van der Waals surface area contributed by atoms with Gasteiger partial charge in [0.15, 0.2) is 5.96 Å². The lowest BCUT2D eigenvalue weighted by Crippen LogP contribution is -2.47. The highest BCUT2D eigenvalue weighted by Crippen LogP contribution is 2.19. The first-order valence-corrected chi connectivity index (χ1v) is 10.6. The number of nitrogens with one attached hydrogen (secondary N) is 1. The Hall–Kier alpha value is -2.08. The molecular weight excluding hydrogens is 352 g/mol. The molecule has 2 heterocycles. The third-order valence-corrected chi connectivity index (χ3v) is 5.77. The molecule has 2 aliphatic rings. The molecule has 0 aromatic heterocycles. The SMILES string of the molecule is CCOC(=O)C1CCN(C(=NC)NCCCN2CCc3ccccc3C2)CC1. The third kappa shape index (κ3) is 5.47. The lowest BCUT2D eigenvalue weighted by Gasteiger charge is -2.33. The Morgan fingerprint density at radius 1 is 1.21 bits per heavy atom. The van der Waals surface area contributed by atoms with Gasteiger partial charge >= 0.3 is 5.97 Å². The molecule has 1 aromatic carbocycles. The van der Waals surface area contributed by atoms with Crippen molar-refractivity contribution in [3.05, 3.63) is 35.4 Å². The van der Waals surface area contributed by atoms with Crippen molar-refractivity contribution >= 4 is 11.9 Å². The molecular formula is C22H34N4O2. The number of rotatable bonds is 6. The molecule has 0 bridgehead atoms. The van der Waals surface area contributed by atoms with Gasteiger partial charge in [0.2, 0.25) is 0 Å². The first kappa shape index (κ1) is 20.6.